The number of aromatic nitrogens is 2. The minimum Gasteiger partial charge on any atom is -0.387 e. The minimum absolute atomic E-state index is 0.257. The fourth-order valence-corrected chi connectivity index (χ4v) is 2.52. The fourth-order valence-electron chi connectivity index (χ4n) is 1.84. The van der Waals surface area contributed by atoms with Crippen LogP contribution in [0.4, 0.5) is 4.39 Å². The van der Waals surface area contributed by atoms with E-state index in [0.717, 1.165) is 23.4 Å². The maximum Gasteiger partial charge on any atom is 0.126 e. The summed E-state index contributed by atoms with van der Waals surface area (Å²) >= 11 is 1.19. The monoisotopic (exact) mass is 266 g/mol. The van der Waals surface area contributed by atoms with E-state index in [0.29, 0.717) is 5.56 Å². The molecule has 1 aromatic carbocycles. The molecule has 1 heterocycles. The minimum atomic E-state index is -0.733. The summed E-state index contributed by atoms with van der Waals surface area (Å²) in [7, 11) is 0. The molecule has 0 radical (unpaired) electrons. The van der Waals surface area contributed by atoms with Crippen molar-refractivity contribution in [1.82, 2.24) is 9.59 Å². The van der Waals surface area contributed by atoms with E-state index in [9.17, 15) is 9.50 Å². The lowest BCUT2D eigenvalue weighted by atomic mass is 10.0. The predicted octanol–water partition coefficient (Wildman–Crippen LogP) is 2.91. The SMILES string of the molecule is CCCc1nnsc1C(O)Cc1ccccc1F. The smallest absolute Gasteiger partial charge is 0.126 e. The average molecular weight is 266 g/mol. The van der Waals surface area contributed by atoms with E-state index in [1.807, 2.05) is 6.92 Å². The van der Waals surface area contributed by atoms with Crippen molar-refractivity contribution in [2.75, 3.05) is 0 Å². The summed E-state index contributed by atoms with van der Waals surface area (Å²) in [5, 5.41) is 14.2. The lowest BCUT2D eigenvalue weighted by Crippen LogP contribution is -2.04. The molecule has 0 saturated heterocycles. The number of nitrogens with zero attached hydrogens (tertiary/aromatic N) is 2. The van der Waals surface area contributed by atoms with Gasteiger partial charge in [0.25, 0.3) is 0 Å². The molecule has 2 aromatic rings. The van der Waals surface area contributed by atoms with Crippen LogP contribution in [0, 0.1) is 5.82 Å². The van der Waals surface area contributed by atoms with Crippen molar-refractivity contribution in [2.24, 2.45) is 0 Å². The molecular weight excluding hydrogens is 251 g/mol. The molecule has 96 valence electrons. The molecule has 0 aliphatic rings. The highest BCUT2D eigenvalue weighted by Crippen LogP contribution is 2.25. The van der Waals surface area contributed by atoms with Gasteiger partial charge < -0.3 is 5.11 Å². The second-order valence-corrected chi connectivity index (χ2v) is 4.93. The highest BCUT2D eigenvalue weighted by Gasteiger charge is 2.18. The molecule has 18 heavy (non-hydrogen) atoms. The van der Waals surface area contributed by atoms with Crippen molar-refractivity contribution in [2.45, 2.75) is 32.3 Å². The number of benzene rings is 1. The first-order valence-corrected chi connectivity index (χ1v) is 6.72. The lowest BCUT2D eigenvalue weighted by molar-refractivity contribution is 0.179. The molecule has 0 spiro atoms. The largest absolute Gasteiger partial charge is 0.387 e. The third-order valence-electron chi connectivity index (χ3n) is 2.75. The molecule has 0 aliphatic heterocycles. The lowest BCUT2D eigenvalue weighted by Gasteiger charge is -2.10. The van der Waals surface area contributed by atoms with Crippen LogP contribution in [0.5, 0.6) is 0 Å². The van der Waals surface area contributed by atoms with Crippen LogP contribution in [0.2, 0.25) is 0 Å². The third kappa shape index (κ3) is 2.91. The van der Waals surface area contributed by atoms with Crippen LogP contribution in [-0.2, 0) is 12.8 Å². The molecule has 1 aromatic heterocycles. The Bertz CT molecular complexity index is 515. The Morgan fingerprint density at radius 1 is 1.39 bits per heavy atom. The van der Waals surface area contributed by atoms with E-state index >= 15 is 0 Å². The Balaban J connectivity index is 2.14. The van der Waals surface area contributed by atoms with Gasteiger partial charge in [0, 0.05) is 6.42 Å². The molecule has 0 aliphatic carbocycles. The second-order valence-electron chi connectivity index (χ2n) is 4.15. The van der Waals surface area contributed by atoms with Crippen LogP contribution in [0.15, 0.2) is 24.3 Å². The van der Waals surface area contributed by atoms with E-state index in [1.165, 1.54) is 17.6 Å². The molecule has 0 saturated carbocycles. The van der Waals surface area contributed by atoms with E-state index < -0.39 is 6.10 Å². The molecule has 0 bridgehead atoms. The molecule has 3 nitrogen and oxygen atoms in total. The Morgan fingerprint density at radius 2 is 2.17 bits per heavy atom. The van der Waals surface area contributed by atoms with Crippen LogP contribution < -0.4 is 0 Å². The van der Waals surface area contributed by atoms with E-state index in [4.69, 9.17) is 0 Å². The van der Waals surface area contributed by atoms with Crippen molar-refractivity contribution < 1.29 is 9.50 Å². The van der Waals surface area contributed by atoms with Crippen LogP contribution >= 0.6 is 11.5 Å². The summed E-state index contributed by atoms with van der Waals surface area (Å²) in [6, 6.07) is 6.50. The van der Waals surface area contributed by atoms with Gasteiger partial charge in [-0.25, -0.2) is 4.39 Å². The first-order valence-electron chi connectivity index (χ1n) is 5.95. The summed E-state index contributed by atoms with van der Waals surface area (Å²) < 4.78 is 17.4. The van der Waals surface area contributed by atoms with Crippen molar-refractivity contribution in [3.05, 3.63) is 46.2 Å². The van der Waals surface area contributed by atoms with Gasteiger partial charge in [-0.05, 0) is 29.6 Å². The average Bonchev–Trinajstić information content (AvgIpc) is 2.81. The number of aryl methyl sites for hydroxylation is 1. The zero-order valence-electron chi connectivity index (χ0n) is 10.1. The maximum atomic E-state index is 13.5. The van der Waals surface area contributed by atoms with Gasteiger partial charge in [0.2, 0.25) is 0 Å². The van der Waals surface area contributed by atoms with Crippen molar-refractivity contribution in [3.63, 3.8) is 0 Å². The molecule has 1 atom stereocenters. The molecule has 0 amide bonds. The summed E-state index contributed by atoms with van der Waals surface area (Å²) in [5.74, 6) is -0.286. The van der Waals surface area contributed by atoms with Gasteiger partial charge in [0.05, 0.1) is 16.7 Å². The van der Waals surface area contributed by atoms with Crippen LogP contribution in [0.25, 0.3) is 0 Å². The normalized spacial score (nSPS) is 12.6. The molecule has 1 N–H and O–H groups in total. The second kappa shape index (κ2) is 6.02. The summed E-state index contributed by atoms with van der Waals surface area (Å²) in [6.45, 7) is 2.05. The van der Waals surface area contributed by atoms with E-state index in [-0.39, 0.29) is 12.2 Å². The van der Waals surface area contributed by atoms with Crippen LogP contribution in [0.1, 0.15) is 35.6 Å². The zero-order chi connectivity index (χ0) is 13.0. The van der Waals surface area contributed by atoms with Crippen molar-refractivity contribution in [3.8, 4) is 0 Å². The molecule has 5 heteroatoms. The van der Waals surface area contributed by atoms with Crippen LogP contribution in [-0.4, -0.2) is 14.7 Å². The Hall–Kier alpha value is -1.33. The van der Waals surface area contributed by atoms with Gasteiger partial charge in [-0.2, -0.15) is 0 Å². The maximum absolute atomic E-state index is 13.5. The summed E-state index contributed by atoms with van der Waals surface area (Å²) in [6.07, 6.45) is 1.27. The van der Waals surface area contributed by atoms with Gasteiger partial charge in [0.15, 0.2) is 0 Å². The molecule has 2 rings (SSSR count). The van der Waals surface area contributed by atoms with Crippen LogP contribution in [0.3, 0.4) is 0 Å². The highest BCUT2D eigenvalue weighted by molar-refractivity contribution is 7.05. The van der Waals surface area contributed by atoms with Gasteiger partial charge in [-0.3, -0.25) is 0 Å². The number of hydrogen-bond acceptors (Lipinski definition) is 4. The molecule has 1 unspecified atom stereocenters. The number of rotatable bonds is 5. The standard InChI is InChI=1S/C13H15FN2OS/c1-2-5-11-13(18-16-15-11)12(17)8-9-6-3-4-7-10(9)14/h3-4,6-7,12,17H,2,5,8H2,1H3. The first kappa shape index (κ1) is 13.1. The number of aliphatic hydroxyl groups excluding tert-OH is 1. The Labute approximate surface area is 109 Å². The first-order chi connectivity index (χ1) is 8.72. The highest BCUT2D eigenvalue weighted by atomic mass is 32.1. The third-order valence-corrected chi connectivity index (χ3v) is 3.61. The van der Waals surface area contributed by atoms with Gasteiger partial charge in [0.1, 0.15) is 5.82 Å². The Kier molecular flexibility index (Phi) is 4.38. The fraction of sp³-hybridized carbons (Fsp3) is 0.385. The topological polar surface area (TPSA) is 46.0 Å². The van der Waals surface area contributed by atoms with Gasteiger partial charge in [-0.1, -0.05) is 36.0 Å². The molecular formula is C13H15FN2OS. The number of halogens is 1. The summed E-state index contributed by atoms with van der Waals surface area (Å²) in [5.41, 5.74) is 1.34. The van der Waals surface area contributed by atoms with E-state index in [1.54, 1.807) is 18.2 Å². The molecule has 0 fully saturated rings. The summed E-state index contributed by atoms with van der Waals surface area (Å²) in [4.78, 5) is 0.750. The van der Waals surface area contributed by atoms with Gasteiger partial charge >= 0.3 is 0 Å². The van der Waals surface area contributed by atoms with E-state index in [2.05, 4.69) is 9.59 Å². The quantitative estimate of drug-likeness (QED) is 0.905. The number of aliphatic hydroxyl groups is 1. The Morgan fingerprint density at radius 3 is 2.89 bits per heavy atom. The zero-order valence-corrected chi connectivity index (χ0v) is 11.0. The van der Waals surface area contributed by atoms with Gasteiger partial charge in [-0.15, -0.1) is 5.10 Å². The predicted molar refractivity (Wildman–Crippen MR) is 69.0 cm³/mol. The van der Waals surface area contributed by atoms with Crippen molar-refractivity contribution in [1.29, 1.82) is 0 Å². The van der Waals surface area contributed by atoms with Crippen molar-refractivity contribution >= 4 is 11.5 Å². The number of hydrogen-bond donors (Lipinski definition) is 1.